The fourth-order valence-electron chi connectivity index (χ4n) is 2.05. The van der Waals surface area contributed by atoms with Gasteiger partial charge in [0.2, 0.25) is 5.91 Å². The molecule has 4 nitrogen and oxygen atoms in total. The van der Waals surface area contributed by atoms with Crippen molar-refractivity contribution in [1.29, 1.82) is 0 Å². The number of carbonyl (C=O) groups is 1. The van der Waals surface area contributed by atoms with Crippen molar-refractivity contribution in [2.75, 3.05) is 26.2 Å². The van der Waals surface area contributed by atoms with Gasteiger partial charge in [-0.3, -0.25) is 9.78 Å². The summed E-state index contributed by atoms with van der Waals surface area (Å²) in [7, 11) is 0. The third-order valence-electron chi connectivity index (χ3n) is 3.05. The van der Waals surface area contributed by atoms with E-state index < -0.39 is 0 Å². The van der Waals surface area contributed by atoms with Crippen LogP contribution in [0.2, 0.25) is 0 Å². The number of hydrogen-bond acceptors (Lipinski definition) is 3. The maximum Gasteiger partial charge on any atom is 0.236 e. The molecule has 2 heterocycles. The first-order valence-corrected chi connectivity index (χ1v) is 6.23. The van der Waals surface area contributed by atoms with Gasteiger partial charge in [-0.1, -0.05) is 6.07 Å². The van der Waals surface area contributed by atoms with Crippen LogP contribution in [-0.2, 0) is 11.2 Å². The van der Waals surface area contributed by atoms with Crippen LogP contribution in [0.4, 0.5) is 0 Å². The summed E-state index contributed by atoms with van der Waals surface area (Å²) in [5, 5.41) is 3.19. The number of carbonyl (C=O) groups excluding carboxylic acids is 1. The average Bonchev–Trinajstić information content (AvgIpc) is 2.89. The summed E-state index contributed by atoms with van der Waals surface area (Å²) in [5.41, 5.74) is 1.20. The van der Waals surface area contributed by atoms with E-state index in [0.29, 0.717) is 6.54 Å². The van der Waals surface area contributed by atoms with E-state index in [-0.39, 0.29) is 5.91 Å². The van der Waals surface area contributed by atoms with Crippen LogP contribution in [0, 0.1) is 0 Å². The normalized spacial score (nSPS) is 15.2. The molecule has 0 spiro atoms. The molecule has 1 fully saturated rings. The van der Waals surface area contributed by atoms with Crippen LogP contribution in [0.25, 0.3) is 0 Å². The molecule has 1 aromatic rings. The van der Waals surface area contributed by atoms with Gasteiger partial charge in [-0.15, -0.1) is 0 Å². The number of likely N-dealkylation sites (tertiary alicyclic amines) is 1. The number of nitrogens with one attached hydrogen (secondary N) is 1. The predicted molar refractivity (Wildman–Crippen MR) is 66.6 cm³/mol. The lowest BCUT2D eigenvalue weighted by atomic mass is 10.2. The molecule has 1 amide bonds. The summed E-state index contributed by atoms with van der Waals surface area (Å²) in [6.07, 6.45) is 6.86. The third-order valence-corrected chi connectivity index (χ3v) is 3.05. The van der Waals surface area contributed by atoms with E-state index in [9.17, 15) is 4.79 Å². The minimum atomic E-state index is 0.230. The van der Waals surface area contributed by atoms with Crippen LogP contribution in [0.3, 0.4) is 0 Å². The molecule has 1 aliphatic heterocycles. The van der Waals surface area contributed by atoms with Crippen molar-refractivity contribution in [2.24, 2.45) is 0 Å². The summed E-state index contributed by atoms with van der Waals surface area (Å²) >= 11 is 0. The number of amides is 1. The first-order chi connectivity index (χ1) is 8.36. The Morgan fingerprint density at radius 3 is 2.94 bits per heavy atom. The summed E-state index contributed by atoms with van der Waals surface area (Å²) in [6.45, 7) is 3.15. The van der Waals surface area contributed by atoms with Crippen molar-refractivity contribution in [3.63, 3.8) is 0 Å². The molecule has 0 saturated carbocycles. The second-order valence-electron chi connectivity index (χ2n) is 4.38. The number of pyridine rings is 1. The van der Waals surface area contributed by atoms with Gasteiger partial charge in [-0.05, 0) is 37.4 Å². The lowest BCUT2D eigenvalue weighted by Crippen LogP contribution is -2.36. The second-order valence-corrected chi connectivity index (χ2v) is 4.38. The minimum Gasteiger partial charge on any atom is -0.342 e. The molecule has 1 aromatic heterocycles. The SMILES string of the molecule is O=C(CNCCc1cccnc1)N1CCCC1. The molecule has 17 heavy (non-hydrogen) atoms. The van der Waals surface area contributed by atoms with Gasteiger partial charge < -0.3 is 10.2 Å². The summed E-state index contributed by atoms with van der Waals surface area (Å²) in [6, 6.07) is 3.99. The van der Waals surface area contributed by atoms with Crippen molar-refractivity contribution in [3.8, 4) is 0 Å². The van der Waals surface area contributed by atoms with E-state index in [2.05, 4.69) is 16.4 Å². The Morgan fingerprint density at radius 2 is 2.24 bits per heavy atom. The molecule has 92 valence electrons. The lowest BCUT2D eigenvalue weighted by molar-refractivity contribution is -0.129. The first-order valence-electron chi connectivity index (χ1n) is 6.23. The van der Waals surface area contributed by atoms with Gasteiger partial charge in [0.1, 0.15) is 0 Å². The Labute approximate surface area is 102 Å². The van der Waals surface area contributed by atoms with Crippen molar-refractivity contribution in [3.05, 3.63) is 30.1 Å². The highest BCUT2D eigenvalue weighted by Crippen LogP contribution is 2.06. The van der Waals surface area contributed by atoms with Gasteiger partial charge in [0.15, 0.2) is 0 Å². The molecule has 1 aliphatic rings. The van der Waals surface area contributed by atoms with E-state index >= 15 is 0 Å². The average molecular weight is 233 g/mol. The molecule has 4 heteroatoms. The second kappa shape index (κ2) is 6.35. The van der Waals surface area contributed by atoms with Crippen LogP contribution in [-0.4, -0.2) is 42.0 Å². The number of hydrogen-bond donors (Lipinski definition) is 1. The molecular formula is C13H19N3O. The summed E-state index contributed by atoms with van der Waals surface area (Å²) in [4.78, 5) is 17.7. The molecule has 2 rings (SSSR count). The maximum atomic E-state index is 11.7. The lowest BCUT2D eigenvalue weighted by Gasteiger charge is -2.15. The summed E-state index contributed by atoms with van der Waals surface area (Å²) < 4.78 is 0. The van der Waals surface area contributed by atoms with E-state index in [1.807, 2.05) is 17.2 Å². The number of nitrogens with zero attached hydrogens (tertiary/aromatic N) is 2. The molecule has 1 saturated heterocycles. The maximum absolute atomic E-state index is 11.7. The first kappa shape index (κ1) is 12.0. The van der Waals surface area contributed by atoms with E-state index in [1.54, 1.807) is 6.20 Å². The van der Waals surface area contributed by atoms with Gasteiger partial charge in [-0.25, -0.2) is 0 Å². The predicted octanol–water partition coefficient (Wildman–Crippen LogP) is 0.836. The smallest absolute Gasteiger partial charge is 0.236 e. The minimum absolute atomic E-state index is 0.230. The van der Waals surface area contributed by atoms with Crippen molar-refractivity contribution in [1.82, 2.24) is 15.2 Å². The van der Waals surface area contributed by atoms with E-state index in [4.69, 9.17) is 0 Å². The van der Waals surface area contributed by atoms with Crippen LogP contribution in [0.15, 0.2) is 24.5 Å². The fraction of sp³-hybridized carbons (Fsp3) is 0.538. The van der Waals surface area contributed by atoms with Gasteiger partial charge in [0.05, 0.1) is 6.54 Å². The molecule has 0 radical (unpaired) electrons. The van der Waals surface area contributed by atoms with Gasteiger partial charge in [0, 0.05) is 25.5 Å². The fourth-order valence-corrected chi connectivity index (χ4v) is 2.05. The molecule has 0 atom stereocenters. The Morgan fingerprint density at radius 1 is 1.41 bits per heavy atom. The highest BCUT2D eigenvalue weighted by molar-refractivity contribution is 5.78. The van der Waals surface area contributed by atoms with Crippen LogP contribution >= 0.6 is 0 Å². The van der Waals surface area contributed by atoms with Crippen LogP contribution in [0.1, 0.15) is 18.4 Å². The van der Waals surface area contributed by atoms with Crippen LogP contribution in [0.5, 0.6) is 0 Å². The largest absolute Gasteiger partial charge is 0.342 e. The van der Waals surface area contributed by atoms with Crippen molar-refractivity contribution < 1.29 is 4.79 Å². The Kier molecular flexibility index (Phi) is 4.50. The Bertz CT molecular complexity index is 347. The Balaban J connectivity index is 1.61. The monoisotopic (exact) mass is 233 g/mol. The van der Waals surface area contributed by atoms with E-state index in [1.165, 1.54) is 5.56 Å². The highest BCUT2D eigenvalue weighted by atomic mass is 16.2. The highest BCUT2D eigenvalue weighted by Gasteiger charge is 2.16. The zero-order valence-corrected chi connectivity index (χ0v) is 10.1. The van der Waals surface area contributed by atoms with Crippen molar-refractivity contribution in [2.45, 2.75) is 19.3 Å². The standard InChI is InChI=1S/C13H19N3O/c17-13(16-8-1-2-9-16)11-15-7-5-12-4-3-6-14-10-12/h3-4,6,10,15H,1-2,5,7-9,11H2. The number of rotatable bonds is 5. The molecule has 0 aliphatic carbocycles. The molecule has 0 bridgehead atoms. The van der Waals surface area contributed by atoms with Gasteiger partial charge in [0.25, 0.3) is 0 Å². The summed E-state index contributed by atoms with van der Waals surface area (Å²) in [5.74, 6) is 0.230. The van der Waals surface area contributed by atoms with Crippen molar-refractivity contribution >= 4 is 5.91 Å². The molecule has 0 unspecified atom stereocenters. The van der Waals surface area contributed by atoms with Crippen LogP contribution < -0.4 is 5.32 Å². The van der Waals surface area contributed by atoms with Gasteiger partial charge >= 0.3 is 0 Å². The Hall–Kier alpha value is -1.42. The molecule has 0 aromatic carbocycles. The zero-order chi connectivity index (χ0) is 11.9. The third kappa shape index (κ3) is 3.82. The molecular weight excluding hydrogens is 214 g/mol. The number of aromatic nitrogens is 1. The quantitative estimate of drug-likeness (QED) is 0.766. The topological polar surface area (TPSA) is 45.2 Å². The molecule has 1 N–H and O–H groups in total. The van der Waals surface area contributed by atoms with Gasteiger partial charge in [-0.2, -0.15) is 0 Å². The zero-order valence-electron chi connectivity index (χ0n) is 10.1. The van der Waals surface area contributed by atoms with E-state index in [0.717, 1.165) is 38.9 Å².